The summed E-state index contributed by atoms with van der Waals surface area (Å²) in [6.07, 6.45) is 0.722. The van der Waals surface area contributed by atoms with Gasteiger partial charge in [0.2, 0.25) is 0 Å². The van der Waals surface area contributed by atoms with Crippen LogP contribution in [0.2, 0.25) is 0 Å². The van der Waals surface area contributed by atoms with E-state index in [-0.39, 0.29) is 0 Å². The third-order valence-electron chi connectivity index (χ3n) is 2.78. The summed E-state index contributed by atoms with van der Waals surface area (Å²) in [4.78, 5) is 9.14. The van der Waals surface area contributed by atoms with E-state index < -0.39 is 5.97 Å². The van der Waals surface area contributed by atoms with Crippen LogP contribution in [0, 0.1) is 0 Å². The average Bonchev–Trinajstić information content (AvgIpc) is 2.45. The van der Waals surface area contributed by atoms with Crippen LogP contribution in [0.25, 0.3) is 21.5 Å². The van der Waals surface area contributed by atoms with Crippen molar-refractivity contribution in [3.8, 4) is 0 Å². The van der Waals surface area contributed by atoms with Crippen LogP contribution in [0.1, 0.15) is 0 Å². The van der Waals surface area contributed by atoms with Crippen LogP contribution in [0.3, 0.4) is 0 Å². The Bertz CT molecular complexity index is 624. The van der Waals surface area contributed by atoms with Gasteiger partial charge in [-0.3, -0.25) is 0 Å². The molecule has 0 saturated heterocycles. The highest BCUT2D eigenvalue weighted by atomic mass is 16.4. The summed E-state index contributed by atoms with van der Waals surface area (Å²) < 4.78 is 0. The smallest absolute Gasteiger partial charge is 0.0636 e. The first kappa shape index (κ1) is 12.8. The van der Waals surface area contributed by atoms with Crippen LogP contribution in [0.4, 0.5) is 0 Å². The van der Waals surface area contributed by atoms with Crippen LogP contribution in [-0.2, 0) is 4.79 Å². The molecule has 19 heavy (non-hydrogen) atoms. The second-order valence-corrected chi connectivity index (χ2v) is 4.07. The lowest BCUT2D eigenvalue weighted by Gasteiger charge is -2.00. The molecule has 0 unspecified atom stereocenters. The molecule has 0 amide bonds. The molecule has 3 aromatic rings. The number of rotatable bonds is 1. The van der Waals surface area contributed by atoms with E-state index in [2.05, 4.69) is 67.2 Å². The number of benzene rings is 3. The summed E-state index contributed by atoms with van der Waals surface area (Å²) >= 11 is 0. The minimum absolute atomic E-state index is 0.722. The number of carbonyl (C=O) groups is 1. The monoisotopic (exact) mass is 249 g/mol. The molecule has 0 N–H and O–H groups in total. The van der Waals surface area contributed by atoms with Crippen molar-refractivity contribution in [3.05, 3.63) is 73.3 Å². The molecule has 2 heteroatoms. The second-order valence-electron chi connectivity index (χ2n) is 4.07. The van der Waals surface area contributed by atoms with Crippen LogP contribution >= 0.6 is 0 Å². The van der Waals surface area contributed by atoms with E-state index in [0.29, 0.717) is 0 Å². The largest absolute Gasteiger partial charge is 0.545 e. The third-order valence-corrected chi connectivity index (χ3v) is 2.78. The van der Waals surface area contributed by atoms with Crippen LogP contribution in [0.15, 0.2) is 73.3 Å². The normalized spacial score (nSPS) is 9.68. The zero-order valence-corrected chi connectivity index (χ0v) is 10.4. The predicted octanol–water partition coefficient (Wildman–Crippen LogP) is 2.92. The highest BCUT2D eigenvalue weighted by molar-refractivity contribution is 5.98. The quantitative estimate of drug-likeness (QED) is 0.491. The summed E-state index contributed by atoms with van der Waals surface area (Å²) in [6.45, 7) is 2.90. The van der Waals surface area contributed by atoms with Crippen molar-refractivity contribution in [2.75, 3.05) is 0 Å². The molecule has 0 spiro atoms. The van der Waals surface area contributed by atoms with Gasteiger partial charge in [0.25, 0.3) is 0 Å². The molecule has 0 radical (unpaired) electrons. The molecule has 0 fully saturated rings. The lowest BCUT2D eigenvalue weighted by Crippen LogP contribution is -2.17. The van der Waals surface area contributed by atoms with Gasteiger partial charge in [0.15, 0.2) is 0 Å². The highest BCUT2D eigenvalue weighted by Crippen LogP contribution is 2.21. The zero-order chi connectivity index (χ0) is 13.7. The molecule has 3 rings (SSSR count). The maximum absolute atomic E-state index is 9.14. The van der Waals surface area contributed by atoms with Gasteiger partial charge in [0.1, 0.15) is 0 Å². The molecule has 0 aliphatic heterocycles. The summed E-state index contributed by atoms with van der Waals surface area (Å²) in [5, 5.41) is 14.4. The van der Waals surface area contributed by atoms with Crippen molar-refractivity contribution >= 4 is 27.5 Å². The van der Waals surface area contributed by atoms with Gasteiger partial charge < -0.3 is 9.90 Å². The highest BCUT2D eigenvalue weighted by Gasteiger charge is 1.95. The number of carboxylic acids is 1. The molecule has 3 aromatic carbocycles. The number of carbonyl (C=O) groups excluding carboxylic acids is 1. The van der Waals surface area contributed by atoms with Crippen molar-refractivity contribution in [1.29, 1.82) is 0 Å². The maximum Gasteiger partial charge on any atom is 0.0636 e. The number of carboxylic acid groups (broad SMARTS) is 1. The Balaban J connectivity index is 0.000000232. The van der Waals surface area contributed by atoms with Gasteiger partial charge in [-0.25, -0.2) is 0 Å². The molecular weight excluding hydrogens is 236 g/mol. The summed E-state index contributed by atoms with van der Waals surface area (Å²) in [5.74, 6) is -1.23. The van der Waals surface area contributed by atoms with E-state index in [9.17, 15) is 0 Å². The molecule has 0 aliphatic carbocycles. The first-order valence-corrected chi connectivity index (χ1v) is 5.91. The Hall–Kier alpha value is -2.61. The lowest BCUT2D eigenvalue weighted by atomic mass is 10.0. The van der Waals surface area contributed by atoms with Crippen LogP contribution < -0.4 is 5.11 Å². The van der Waals surface area contributed by atoms with E-state index in [1.54, 1.807) is 0 Å². The van der Waals surface area contributed by atoms with Gasteiger partial charge in [-0.1, -0.05) is 55.1 Å². The van der Waals surface area contributed by atoms with Gasteiger partial charge in [-0.2, -0.15) is 0 Å². The van der Waals surface area contributed by atoms with Gasteiger partial charge in [-0.05, 0) is 39.8 Å². The first-order valence-electron chi connectivity index (χ1n) is 5.91. The van der Waals surface area contributed by atoms with Crippen molar-refractivity contribution < 1.29 is 9.90 Å². The fourth-order valence-electron chi connectivity index (χ4n) is 1.88. The topological polar surface area (TPSA) is 40.1 Å². The fraction of sp³-hybridized carbons (Fsp3) is 0. The summed E-state index contributed by atoms with van der Waals surface area (Å²) in [7, 11) is 0. The maximum atomic E-state index is 9.14. The molecule has 0 heterocycles. The lowest BCUT2D eigenvalue weighted by molar-refractivity contribution is -0.297. The summed E-state index contributed by atoms with van der Waals surface area (Å²) in [5.41, 5.74) is 0. The van der Waals surface area contributed by atoms with E-state index in [4.69, 9.17) is 9.90 Å². The molecule has 0 aliphatic rings. The number of hydrogen-bond donors (Lipinski definition) is 0. The molecule has 0 saturated carbocycles. The fourth-order valence-corrected chi connectivity index (χ4v) is 1.88. The van der Waals surface area contributed by atoms with Crippen LogP contribution in [-0.4, -0.2) is 5.97 Å². The van der Waals surface area contributed by atoms with E-state index in [0.717, 1.165) is 6.08 Å². The standard InChI is InChI=1S/C14H10.C3H4O2/c1-2-6-12-10-14-8-4-3-7-13(14)9-11(12)5-1;1-2-3(4)5/h1-10H;2H,1H2,(H,4,5)/p-1. The average molecular weight is 249 g/mol. The number of hydrogen-bond acceptors (Lipinski definition) is 2. The molecule has 2 nitrogen and oxygen atoms in total. The molecule has 0 aromatic heterocycles. The Morgan fingerprint density at radius 3 is 1.32 bits per heavy atom. The van der Waals surface area contributed by atoms with E-state index in [1.165, 1.54) is 21.5 Å². The molecular formula is C17H13O2-. The van der Waals surface area contributed by atoms with Crippen LogP contribution in [0.5, 0.6) is 0 Å². The Morgan fingerprint density at radius 2 is 1.11 bits per heavy atom. The van der Waals surface area contributed by atoms with Crippen molar-refractivity contribution in [1.82, 2.24) is 0 Å². The van der Waals surface area contributed by atoms with Crippen molar-refractivity contribution in [2.45, 2.75) is 0 Å². The summed E-state index contributed by atoms with van der Waals surface area (Å²) in [6, 6.07) is 21.4. The minimum atomic E-state index is -1.23. The van der Waals surface area contributed by atoms with Gasteiger partial charge >= 0.3 is 0 Å². The predicted molar refractivity (Wildman–Crippen MR) is 76.7 cm³/mol. The SMILES string of the molecule is C=CC(=O)[O-].c1ccc2cc3ccccc3cc2c1. The van der Waals surface area contributed by atoms with Gasteiger partial charge in [-0.15, -0.1) is 0 Å². The first-order chi connectivity index (χ1) is 9.20. The third kappa shape index (κ3) is 3.19. The minimum Gasteiger partial charge on any atom is -0.545 e. The Labute approximate surface area is 111 Å². The Kier molecular flexibility index (Phi) is 3.94. The zero-order valence-electron chi connectivity index (χ0n) is 10.4. The second kappa shape index (κ2) is 5.83. The Morgan fingerprint density at radius 1 is 0.842 bits per heavy atom. The molecule has 0 bridgehead atoms. The van der Waals surface area contributed by atoms with Crippen molar-refractivity contribution in [3.63, 3.8) is 0 Å². The molecule has 0 atom stereocenters. The number of fused-ring (bicyclic) bond motifs is 2. The van der Waals surface area contributed by atoms with E-state index in [1.807, 2.05) is 0 Å². The van der Waals surface area contributed by atoms with Gasteiger partial charge in [0, 0.05) is 0 Å². The van der Waals surface area contributed by atoms with E-state index >= 15 is 0 Å². The van der Waals surface area contributed by atoms with Gasteiger partial charge in [0.05, 0.1) is 5.97 Å². The number of aliphatic carboxylic acids is 1. The molecule has 94 valence electrons. The van der Waals surface area contributed by atoms with Crippen molar-refractivity contribution in [2.24, 2.45) is 0 Å².